The molecule has 0 saturated carbocycles. The summed E-state index contributed by atoms with van der Waals surface area (Å²) in [5.41, 5.74) is 0.744. The molecule has 1 aromatic heterocycles. The Morgan fingerprint density at radius 2 is 1.81 bits per heavy atom. The standard InChI is InChI=1S/C16H10BrNO3/c17-10-5-3-9(4-6-10)15(20)12-8-13(19)14-11(16(12)21)2-1-7-18-14/h1-8,19,21H. The number of carbonyl (C=O) groups is 1. The summed E-state index contributed by atoms with van der Waals surface area (Å²) < 4.78 is 0.855. The molecule has 5 heteroatoms. The minimum atomic E-state index is -0.360. The number of hydrogen-bond acceptors (Lipinski definition) is 4. The number of nitrogens with zero attached hydrogens (tertiary/aromatic N) is 1. The van der Waals surface area contributed by atoms with E-state index in [-0.39, 0.29) is 28.4 Å². The molecule has 0 amide bonds. The van der Waals surface area contributed by atoms with Crippen LogP contribution in [0.3, 0.4) is 0 Å². The number of phenols is 2. The Morgan fingerprint density at radius 1 is 1.10 bits per heavy atom. The van der Waals surface area contributed by atoms with Gasteiger partial charge >= 0.3 is 0 Å². The average Bonchev–Trinajstić information content (AvgIpc) is 2.51. The maximum absolute atomic E-state index is 12.5. The third-order valence-electron chi connectivity index (χ3n) is 3.19. The van der Waals surface area contributed by atoms with Crippen molar-refractivity contribution in [1.29, 1.82) is 0 Å². The number of aromatic nitrogens is 1. The molecular formula is C16H10BrNO3. The van der Waals surface area contributed by atoms with Gasteiger partial charge in [-0.2, -0.15) is 0 Å². The van der Waals surface area contributed by atoms with Crippen molar-refractivity contribution in [2.75, 3.05) is 0 Å². The number of rotatable bonds is 2. The normalized spacial score (nSPS) is 10.7. The van der Waals surface area contributed by atoms with Gasteiger partial charge in [0.25, 0.3) is 0 Å². The highest BCUT2D eigenvalue weighted by Crippen LogP contribution is 2.35. The lowest BCUT2D eigenvalue weighted by Crippen LogP contribution is -2.02. The molecule has 1 heterocycles. The molecule has 0 saturated heterocycles. The van der Waals surface area contributed by atoms with Crippen LogP contribution in [-0.2, 0) is 0 Å². The van der Waals surface area contributed by atoms with E-state index in [1.165, 1.54) is 12.3 Å². The predicted octanol–water partition coefficient (Wildman–Crippen LogP) is 3.64. The van der Waals surface area contributed by atoms with Gasteiger partial charge in [-0.1, -0.05) is 15.9 Å². The van der Waals surface area contributed by atoms with E-state index in [1.54, 1.807) is 36.4 Å². The van der Waals surface area contributed by atoms with Gasteiger partial charge in [-0.15, -0.1) is 0 Å². The monoisotopic (exact) mass is 343 g/mol. The fourth-order valence-electron chi connectivity index (χ4n) is 2.15. The van der Waals surface area contributed by atoms with Gasteiger partial charge in [-0.3, -0.25) is 9.78 Å². The van der Waals surface area contributed by atoms with Crippen LogP contribution >= 0.6 is 15.9 Å². The topological polar surface area (TPSA) is 70.4 Å². The van der Waals surface area contributed by atoms with Crippen LogP contribution in [0.1, 0.15) is 15.9 Å². The number of halogens is 1. The molecule has 0 aliphatic carbocycles. The second-order valence-corrected chi connectivity index (χ2v) is 5.44. The number of ketones is 1. The fourth-order valence-corrected chi connectivity index (χ4v) is 2.41. The van der Waals surface area contributed by atoms with E-state index >= 15 is 0 Å². The van der Waals surface area contributed by atoms with Gasteiger partial charge in [0.05, 0.1) is 5.56 Å². The Hall–Kier alpha value is -2.40. The lowest BCUT2D eigenvalue weighted by atomic mass is 9.99. The van der Waals surface area contributed by atoms with Crippen molar-refractivity contribution in [2.45, 2.75) is 0 Å². The quantitative estimate of drug-likeness (QED) is 0.550. The van der Waals surface area contributed by atoms with Crippen LogP contribution in [-0.4, -0.2) is 21.0 Å². The zero-order valence-corrected chi connectivity index (χ0v) is 12.3. The van der Waals surface area contributed by atoms with Gasteiger partial charge < -0.3 is 10.2 Å². The summed E-state index contributed by atoms with van der Waals surface area (Å²) >= 11 is 3.30. The van der Waals surface area contributed by atoms with Crippen molar-refractivity contribution in [3.05, 3.63) is 64.3 Å². The second kappa shape index (κ2) is 5.18. The van der Waals surface area contributed by atoms with Crippen LogP contribution in [0.4, 0.5) is 0 Å². The van der Waals surface area contributed by atoms with Crippen molar-refractivity contribution in [2.24, 2.45) is 0 Å². The Bertz CT molecular complexity index is 844. The molecular weight excluding hydrogens is 334 g/mol. The average molecular weight is 344 g/mol. The lowest BCUT2D eigenvalue weighted by molar-refractivity contribution is 0.103. The van der Waals surface area contributed by atoms with Crippen LogP contribution in [0.25, 0.3) is 10.9 Å². The molecule has 21 heavy (non-hydrogen) atoms. The van der Waals surface area contributed by atoms with Crippen LogP contribution in [0, 0.1) is 0 Å². The molecule has 2 N–H and O–H groups in total. The van der Waals surface area contributed by atoms with Crippen LogP contribution < -0.4 is 0 Å². The Balaban J connectivity index is 2.18. The van der Waals surface area contributed by atoms with Crippen molar-refractivity contribution in [1.82, 2.24) is 4.98 Å². The van der Waals surface area contributed by atoms with E-state index < -0.39 is 0 Å². The second-order valence-electron chi connectivity index (χ2n) is 4.53. The van der Waals surface area contributed by atoms with Gasteiger partial charge in [-0.25, -0.2) is 0 Å². The van der Waals surface area contributed by atoms with Crippen LogP contribution in [0.2, 0.25) is 0 Å². The molecule has 0 atom stereocenters. The van der Waals surface area contributed by atoms with E-state index in [4.69, 9.17) is 0 Å². The molecule has 0 radical (unpaired) electrons. The number of phenolic OH excluding ortho intramolecular Hbond substituents is 2. The first kappa shape index (κ1) is 13.6. The number of benzene rings is 2. The Kier molecular flexibility index (Phi) is 3.35. The maximum Gasteiger partial charge on any atom is 0.196 e. The molecule has 0 aliphatic heterocycles. The summed E-state index contributed by atoms with van der Waals surface area (Å²) in [6.07, 6.45) is 1.51. The fraction of sp³-hybridized carbons (Fsp3) is 0. The summed E-state index contributed by atoms with van der Waals surface area (Å²) in [4.78, 5) is 16.5. The molecule has 104 valence electrons. The van der Waals surface area contributed by atoms with E-state index in [1.807, 2.05) is 0 Å². The zero-order chi connectivity index (χ0) is 15.0. The molecule has 4 nitrogen and oxygen atoms in total. The summed E-state index contributed by atoms with van der Waals surface area (Å²) in [7, 11) is 0. The van der Waals surface area contributed by atoms with E-state index in [9.17, 15) is 15.0 Å². The minimum Gasteiger partial charge on any atom is -0.506 e. The maximum atomic E-state index is 12.5. The number of pyridine rings is 1. The van der Waals surface area contributed by atoms with Crippen molar-refractivity contribution < 1.29 is 15.0 Å². The molecule has 0 aliphatic rings. The van der Waals surface area contributed by atoms with E-state index in [0.717, 1.165) is 4.47 Å². The van der Waals surface area contributed by atoms with Crippen LogP contribution in [0.5, 0.6) is 11.5 Å². The minimum absolute atomic E-state index is 0.0512. The van der Waals surface area contributed by atoms with Crippen molar-refractivity contribution in [3.63, 3.8) is 0 Å². The number of carbonyl (C=O) groups excluding carboxylic acids is 1. The molecule has 0 bridgehead atoms. The molecule has 2 aromatic carbocycles. The molecule has 0 spiro atoms. The first-order valence-corrected chi connectivity index (χ1v) is 6.97. The Morgan fingerprint density at radius 3 is 2.52 bits per heavy atom. The van der Waals surface area contributed by atoms with Gasteiger partial charge in [0.15, 0.2) is 5.78 Å². The molecule has 3 aromatic rings. The highest BCUT2D eigenvalue weighted by atomic mass is 79.9. The third kappa shape index (κ3) is 2.36. The smallest absolute Gasteiger partial charge is 0.196 e. The van der Waals surface area contributed by atoms with Gasteiger partial charge in [0.1, 0.15) is 17.0 Å². The van der Waals surface area contributed by atoms with E-state index in [2.05, 4.69) is 20.9 Å². The summed E-state index contributed by atoms with van der Waals surface area (Å²) in [5.74, 6) is -0.672. The SMILES string of the molecule is O=C(c1ccc(Br)cc1)c1cc(O)c2ncccc2c1O. The number of aromatic hydroxyl groups is 2. The lowest BCUT2D eigenvalue weighted by Gasteiger charge is -2.08. The number of hydrogen-bond donors (Lipinski definition) is 2. The van der Waals surface area contributed by atoms with Gasteiger partial charge in [0, 0.05) is 21.6 Å². The molecule has 0 fully saturated rings. The zero-order valence-electron chi connectivity index (χ0n) is 10.7. The summed E-state index contributed by atoms with van der Waals surface area (Å²) in [6.45, 7) is 0. The van der Waals surface area contributed by atoms with Gasteiger partial charge in [0.2, 0.25) is 0 Å². The first-order valence-electron chi connectivity index (χ1n) is 6.18. The first-order chi connectivity index (χ1) is 10.1. The molecule has 0 unspecified atom stereocenters. The third-order valence-corrected chi connectivity index (χ3v) is 3.72. The largest absolute Gasteiger partial charge is 0.506 e. The highest BCUT2D eigenvalue weighted by molar-refractivity contribution is 9.10. The number of fused-ring (bicyclic) bond motifs is 1. The van der Waals surface area contributed by atoms with E-state index in [0.29, 0.717) is 10.9 Å². The predicted molar refractivity (Wildman–Crippen MR) is 82.6 cm³/mol. The summed E-state index contributed by atoms with van der Waals surface area (Å²) in [6, 6.07) is 11.3. The van der Waals surface area contributed by atoms with Crippen LogP contribution in [0.15, 0.2) is 53.1 Å². The summed E-state index contributed by atoms with van der Waals surface area (Å²) in [5, 5.41) is 20.6. The van der Waals surface area contributed by atoms with Crippen molar-refractivity contribution in [3.8, 4) is 11.5 Å². The highest BCUT2D eigenvalue weighted by Gasteiger charge is 2.18. The van der Waals surface area contributed by atoms with Crippen molar-refractivity contribution >= 4 is 32.6 Å². The Labute approximate surface area is 128 Å². The molecule has 3 rings (SSSR count). The van der Waals surface area contributed by atoms with Gasteiger partial charge in [-0.05, 0) is 42.5 Å².